The lowest BCUT2D eigenvalue weighted by Crippen LogP contribution is -2.42. The van der Waals surface area contributed by atoms with Crippen molar-refractivity contribution in [1.29, 1.82) is 0 Å². The molecule has 0 saturated heterocycles. The predicted octanol–water partition coefficient (Wildman–Crippen LogP) is 2.84. The fourth-order valence-corrected chi connectivity index (χ4v) is 2.08. The maximum atomic E-state index is 12.6. The Morgan fingerprint density at radius 3 is 2.53 bits per heavy atom. The first kappa shape index (κ1) is 16.0. The SMILES string of the molecule is CC(C)N(CCCCl)c1nccn(C(C)(C)C)c1=O. The molecule has 0 aromatic carbocycles. The summed E-state index contributed by atoms with van der Waals surface area (Å²) in [6, 6.07) is 0.222. The molecule has 1 rings (SSSR count). The molecule has 0 radical (unpaired) electrons. The topological polar surface area (TPSA) is 38.1 Å². The van der Waals surface area contributed by atoms with Gasteiger partial charge in [0.15, 0.2) is 5.82 Å². The van der Waals surface area contributed by atoms with Crippen LogP contribution in [0.5, 0.6) is 0 Å². The standard InChI is InChI=1S/C14H24ClN3O/c1-11(2)17(9-6-7-15)12-13(19)18(10-8-16-12)14(3,4)5/h8,10-11H,6-7,9H2,1-5H3. The van der Waals surface area contributed by atoms with Gasteiger partial charge in [0.2, 0.25) is 0 Å². The van der Waals surface area contributed by atoms with Gasteiger partial charge in [0, 0.05) is 36.4 Å². The van der Waals surface area contributed by atoms with Crippen LogP contribution in [0, 0.1) is 0 Å². The van der Waals surface area contributed by atoms with E-state index in [4.69, 9.17) is 11.6 Å². The van der Waals surface area contributed by atoms with Crippen LogP contribution in [-0.4, -0.2) is 28.0 Å². The van der Waals surface area contributed by atoms with Crippen LogP contribution in [0.15, 0.2) is 17.2 Å². The third-order valence-corrected chi connectivity index (χ3v) is 3.24. The van der Waals surface area contributed by atoms with Crippen molar-refractivity contribution in [2.75, 3.05) is 17.3 Å². The molecule has 0 bridgehead atoms. The largest absolute Gasteiger partial charge is 0.350 e. The molecule has 0 N–H and O–H groups in total. The van der Waals surface area contributed by atoms with Crippen LogP contribution in [0.25, 0.3) is 0 Å². The van der Waals surface area contributed by atoms with E-state index in [2.05, 4.69) is 18.8 Å². The minimum atomic E-state index is -0.246. The summed E-state index contributed by atoms with van der Waals surface area (Å²) in [5.74, 6) is 1.10. The minimum absolute atomic E-state index is 0.0433. The van der Waals surface area contributed by atoms with Gasteiger partial charge in [-0.15, -0.1) is 11.6 Å². The summed E-state index contributed by atoms with van der Waals surface area (Å²) in [5, 5.41) is 0. The van der Waals surface area contributed by atoms with Crippen LogP contribution in [0.4, 0.5) is 5.82 Å². The number of nitrogens with zero attached hydrogens (tertiary/aromatic N) is 3. The van der Waals surface area contributed by atoms with E-state index in [-0.39, 0.29) is 17.1 Å². The highest BCUT2D eigenvalue weighted by molar-refractivity contribution is 6.17. The first-order valence-corrected chi connectivity index (χ1v) is 7.23. The average molecular weight is 286 g/mol. The van der Waals surface area contributed by atoms with E-state index in [9.17, 15) is 4.79 Å². The Morgan fingerprint density at radius 2 is 2.05 bits per heavy atom. The van der Waals surface area contributed by atoms with Gasteiger partial charge in [0.1, 0.15) is 0 Å². The zero-order chi connectivity index (χ0) is 14.6. The fourth-order valence-electron chi connectivity index (χ4n) is 1.97. The Balaban J connectivity index is 3.21. The second kappa shape index (κ2) is 6.42. The van der Waals surface area contributed by atoms with E-state index in [1.54, 1.807) is 17.0 Å². The van der Waals surface area contributed by atoms with Crippen molar-refractivity contribution in [1.82, 2.24) is 9.55 Å². The molecule has 0 saturated carbocycles. The third-order valence-electron chi connectivity index (χ3n) is 2.97. The van der Waals surface area contributed by atoms with Crippen molar-refractivity contribution in [2.45, 2.75) is 52.6 Å². The number of hydrogen-bond donors (Lipinski definition) is 0. The van der Waals surface area contributed by atoms with Crippen molar-refractivity contribution in [3.63, 3.8) is 0 Å². The van der Waals surface area contributed by atoms with E-state index in [1.807, 2.05) is 25.7 Å². The summed E-state index contributed by atoms with van der Waals surface area (Å²) in [5.41, 5.74) is -0.289. The summed E-state index contributed by atoms with van der Waals surface area (Å²) in [6.07, 6.45) is 4.27. The molecule has 0 aliphatic rings. The molecule has 1 aromatic heterocycles. The van der Waals surface area contributed by atoms with Gasteiger partial charge >= 0.3 is 0 Å². The monoisotopic (exact) mass is 285 g/mol. The second-order valence-corrected chi connectivity index (χ2v) is 6.30. The fraction of sp³-hybridized carbons (Fsp3) is 0.714. The van der Waals surface area contributed by atoms with Crippen LogP contribution in [0.3, 0.4) is 0 Å². The highest BCUT2D eigenvalue weighted by Crippen LogP contribution is 2.14. The maximum absolute atomic E-state index is 12.6. The first-order valence-electron chi connectivity index (χ1n) is 6.69. The molecule has 108 valence electrons. The number of anilines is 1. The molecule has 0 amide bonds. The van der Waals surface area contributed by atoms with Crippen LogP contribution >= 0.6 is 11.6 Å². The van der Waals surface area contributed by atoms with Crippen LogP contribution < -0.4 is 10.5 Å². The van der Waals surface area contributed by atoms with E-state index in [0.717, 1.165) is 13.0 Å². The van der Waals surface area contributed by atoms with Gasteiger partial charge in [-0.25, -0.2) is 4.98 Å². The summed E-state index contributed by atoms with van der Waals surface area (Å²) < 4.78 is 1.73. The molecule has 5 heteroatoms. The van der Waals surface area contributed by atoms with Crippen molar-refractivity contribution < 1.29 is 0 Å². The van der Waals surface area contributed by atoms with E-state index in [1.165, 1.54) is 0 Å². The van der Waals surface area contributed by atoms with Gasteiger partial charge in [-0.1, -0.05) is 0 Å². The normalized spacial score (nSPS) is 11.9. The molecule has 0 unspecified atom stereocenters. The number of alkyl halides is 1. The highest BCUT2D eigenvalue weighted by Gasteiger charge is 2.21. The summed E-state index contributed by atoms with van der Waals surface area (Å²) in [4.78, 5) is 18.8. The third kappa shape index (κ3) is 3.96. The van der Waals surface area contributed by atoms with Crippen molar-refractivity contribution >= 4 is 17.4 Å². The molecule has 0 fully saturated rings. The second-order valence-electron chi connectivity index (χ2n) is 5.93. The summed E-state index contributed by atoms with van der Waals surface area (Å²) >= 11 is 5.75. The summed E-state index contributed by atoms with van der Waals surface area (Å²) in [7, 11) is 0. The lowest BCUT2D eigenvalue weighted by atomic mass is 10.1. The molecule has 4 nitrogen and oxygen atoms in total. The number of aromatic nitrogens is 2. The Bertz CT molecular complexity index is 462. The first-order chi connectivity index (χ1) is 8.79. The van der Waals surface area contributed by atoms with Gasteiger partial charge in [0.25, 0.3) is 5.56 Å². The summed E-state index contributed by atoms with van der Waals surface area (Å²) in [6.45, 7) is 10.9. The van der Waals surface area contributed by atoms with Gasteiger partial charge < -0.3 is 9.47 Å². The molecular formula is C14H24ClN3O. The average Bonchev–Trinajstić information content (AvgIpc) is 2.29. The Hall–Kier alpha value is -1.03. The number of rotatable bonds is 5. The van der Waals surface area contributed by atoms with Crippen LogP contribution in [0.2, 0.25) is 0 Å². The predicted molar refractivity (Wildman–Crippen MR) is 81.3 cm³/mol. The lowest BCUT2D eigenvalue weighted by molar-refractivity contribution is 0.381. The van der Waals surface area contributed by atoms with Crippen LogP contribution in [-0.2, 0) is 5.54 Å². The zero-order valence-corrected chi connectivity index (χ0v) is 13.2. The van der Waals surface area contributed by atoms with Crippen LogP contribution in [0.1, 0.15) is 41.0 Å². The molecule has 0 spiro atoms. The molecule has 0 atom stereocenters. The molecular weight excluding hydrogens is 262 g/mol. The van der Waals surface area contributed by atoms with Gasteiger partial charge in [0.05, 0.1) is 0 Å². The quantitative estimate of drug-likeness (QED) is 0.781. The van der Waals surface area contributed by atoms with Gasteiger partial charge in [-0.05, 0) is 41.0 Å². The molecule has 0 aliphatic heterocycles. The number of hydrogen-bond acceptors (Lipinski definition) is 3. The minimum Gasteiger partial charge on any atom is -0.350 e. The Labute approximate surface area is 120 Å². The smallest absolute Gasteiger partial charge is 0.293 e. The Kier molecular flexibility index (Phi) is 5.41. The molecule has 1 heterocycles. The molecule has 19 heavy (non-hydrogen) atoms. The van der Waals surface area contributed by atoms with E-state index < -0.39 is 0 Å². The lowest BCUT2D eigenvalue weighted by Gasteiger charge is -2.29. The van der Waals surface area contributed by atoms with E-state index in [0.29, 0.717) is 11.7 Å². The van der Waals surface area contributed by atoms with Gasteiger partial charge in [-0.2, -0.15) is 0 Å². The van der Waals surface area contributed by atoms with Gasteiger partial charge in [-0.3, -0.25) is 4.79 Å². The van der Waals surface area contributed by atoms with Crippen molar-refractivity contribution in [3.05, 3.63) is 22.7 Å². The van der Waals surface area contributed by atoms with Crippen molar-refractivity contribution in [2.24, 2.45) is 0 Å². The van der Waals surface area contributed by atoms with E-state index >= 15 is 0 Å². The maximum Gasteiger partial charge on any atom is 0.293 e. The van der Waals surface area contributed by atoms with Crippen molar-refractivity contribution in [3.8, 4) is 0 Å². The Morgan fingerprint density at radius 1 is 1.42 bits per heavy atom. The molecule has 0 aliphatic carbocycles. The number of halogens is 1. The zero-order valence-electron chi connectivity index (χ0n) is 12.5. The highest BCUT2D eigenvalue weighted by atomic mass is 35.5. The molecule has 1 aromatic rings.